The summed E-state index contributed by atoms with van der Waals surface area (Å²) in [5.74, 6) is -4.29. The number of carbonyl (C=O) groups is 4. The average molecular weight is 334 g/mol. The number of hydrogen-bond donors (Lipinski definition) is 0. The Hall–Kier alpha value is -3.54. The molecule has 0 saturated carbocycles. The number of nitrogens with zero attached hydrogens (tertiary/aromatic N) is 2. The van der Waals surface area contributed by atoms with Crippen LogP contribution >= 0.6 is 0 Å². The van der Waals surface area contributed by atoms with Gasteiger partial charge < -0.3 is 0 Å². The molecule has 0 fully saturated rings. The lowest BCUT2D eigenvalue weighted by Gasteiger charge is -2.05. The molecule has 124 valence electrons. The molecule has 0 aliphatic rings. The first-order valence-corrected chi connectivity index (χ1v) is 7.34. The largest absolute Gasteiger partial charge is 0.295 e. The van der Waals surface area contributed by atoms with Crippen molar-refractivity contribution in [3.8, 4) is 0 Å². The van der Waals surface area contributed by atoms with Crippen molar-refractivity contribution in [3.63, 3.8) is 0 Å². The number of pyridine rings is 2. The van der Waals surface area contributed by atoms with Gasteiger partial charge in [0.1, 0.15) is 0 Å². The second-order valence-corrected chi connectivity index (χ2v) is 5.00. The highest BCUT2D eigenvalue weighted by Crippen LogP contribution is 2.09. The monoisotopic (exact) mass is 334 g/mol. The molecule has 0 saturated heterocycles. The van der Waals surface area contributed by atoms with Crippen LogP contribution in [0, 0.1) is 5.92 Å². The van der Waals surface area contributed by atoms with Gasteiger partial charge in [-0.2, -0.15) is 0 Å². The predicted molar refractivity (Wildman–Crippen MR) is 91.1 cm³/mol. The number of carbonyl (C=O) groups excluding carboxylic acids is 4. The molecule has 0 aliphatic heterocycles. The van der Waals surface area contributed by atoms with Gasteiger partial charge in [-0.05, 0) is 47.6 Å². The number of ketones is 3. The van der Waals surface area contributed by atoms with Crippen molar-refractivity contribution >= 4 is 35.8 Å². The molecule has 2 heterocycles. The van der Waals surface area contributed by atoms with Crippen LogP contribution in [0.2, 0.25) is 0 Å². The van der Waals surface area contributed by atoms with Crippen molar-refractivity contribution in [2.24, 2.45) is 5.92 Å². The zero-order chi connectivity index (χ0) is 18.1. The van der Waals surface area contributed by atoms with Gasteiger partial charge in [-0.1, -0.05) is 12.1 Å². The normalized spacial score (nSPS) is 11.1. The molecule has 0 radical (unpaired) electrons. The molecule has 2 rings (SSSR count). The van der Waals surface area contributed by atoms with Crippen LogP contribution in [0.15, 0.2) is 61.2 Å². The van der Waals surface area contributed by atoms with E-state index in [1.807, 2.05) is 0 Å². The van der Waals surface area contributed by atoms with Gasteiger partial charge >= 0.3 is 0 Å². The number of hydrogen-bond acceptors (Lipinski definition) is 6. The van der Waals surface area contributed by atoms with E-state index in [1.54, 1.807) is 36.7 Å². The molecular formula is C19H14N2O4. The zero-order valence-corrected chi connectivity index (χ0v) is 13.1. The van der Waals surface area contributed by atoms with Crippen LogP contribution in [0.1, 0.15) is 11.1 Å². The van der Waals surface area contributed by atoms with E-state index in [-0.39, 0.29) is 6.29 Å². The molecule has 0 N–H and O–H groups in total. The van der Waals surface area contributed by atoms with Crippen molar-refractivity contribution in [2.75, 3.05) is 0 Å². The third kappa shape index (κ3) is 5.24. The van der Waals surface area contributed by atoms with E-state index in [1.165, 1.54) is 24.5 Å². The van der Waals surface area contributed by atoms with Crippen LogP contribution in [0.25, 0.3) is 12.2 Å². The Morgan fingerprint density at radius 2 is 1.28 bits per heavy atom. The molecule has 6 heteroatoms. The summed E-state index contributed by atoms with van der Waals surface area (Å²) in [5.41, 5.74) is 1.26. The number of rotatable bonds is 8. The molecular weight excluding hydrogens is 320 g/mol. The van der Waals surface area contributed by atoms with Crippen molar-refractivity contribution in [2.45, 2.75) is 0 Å². The van der Waals surface area contributed by atoms with E-state index in [2.05, 4.69) is 9.97 Å². The van der Waals surface area contributed by atoms with Gasteiger partial charge in [0.05, 0.1) is 0 Å². The zero-order valence-electron chi connectivity index (χ0n) is 13.1. The lowest BCUT2D eigenvalue weighted by molar-refractivity contribution is -0.140. The van der Waals surface area contributed by atoms with Gasteiger partial charge in [0, 0.05) is 24.8 Å². The lowest BCUT2D eigenvalue weighted by atomic mass is 9.93. The number of aldehydes is 1. The minimum Gasteiger partial charge on any atom is -0.295 e. The topological polar surface area (TPSA) is 94.1 Å². The van der Waals surface area contributed by atoms with E-state index in [9.17, 15) is 19.2 Å². The lowest BCUT2D eigenvalue weighted by Crippen LogP contribution is -2.30. The minimum absolute atomic E-state index is 0.0176. The Bertz CT molecular complexity index is 766. The second-order valence-electron chi connectivity index (χ2n) is 5.00. The fraction of sp³-hybridized carbons (Fsp3) is 0.0526. The summed E-state index contributed by atoms with van der Waals surface area (Å²) in [6.07, 6.45) is 11.2. The summed E-state index contributed by atoms with van der Waals surface area (Å²) >= 11 is 0. The van der Waals surface area contributed by atoms with Gasteiger partial charge in [-0.3, -0.25) is 29.1 Å². The molecule has 0 spiro atoms. The summed E-state index contributed by atoms with van der Waals surface area (Å²) in [5, 5.41) is 0. The first kappa shape index (κ1) is 17.8. The van der Waals surface area contributed by atoms with Crippen molar-refractivity contribution in [3.05, 3.63) is 72.3 Å². The third-order valence-electron chi connectivity index (χ3n) is 3.22. The minimum atomic E-state index is -1.68. The molecule has 0 amide bonds. The summed E-state index contributed by atoms with van der Waals surface area (Å²) in [6.45, 7) is 0. The van der Waals surface area contributed by atoms with E-state index in [0.717, 1.165) is 12.2 Å². The molecule has 25 heavy (non-hydrogen) atoms. The number of allylic oxidation sites excluding steroid dienone is 2. The highest BCUT2D eigenvalue weighted by atomic mass is 16.2. The molecule has 0 atom stereocenters. The van der Waals surface area contributed by atoms with Crippen molar-refractivity contribution in [1.29, 1.82) is 0 Å². The summed E-state index contributed by atoms with van der Waals surface area (Å²) in [4.78, 5) is 54.7. The molecule has 6 nitrogen and oxygen atoms in total. The Morgan fingerprint density at radius 1 is 0.800 bits per heavy atom. The van der Waals surface area contributed by atoms with Gasteiger partial charge in [0.25, 0.3) is 0 Å². The van der Waals surface area contributed by atoms with Crippen LogP contribution in [0.5, 0.6) is 0 Å². The van der Waals surface area contributed by atoms with E-state index in [0.29, 0.717) is 11.1 Å². The molecule has 0 bridgehead atoms. The first-order chi connectivity index (χ1) is 12.1. The number of Topliss-reactive ketones (excluding diaryl/α,β-unsaturated/α-hetero) is 1. The summed E-state index contributed by atoms with van der Waals surface area (Å²) in [6, 6.07) is 6.77. The van der Waals surface area contributed by atoms with Crippen LogP contribution < -0.4 is 0 Å². The van der Waals surface area contributed by atoms with Crippen LogP contribution in [0.4, 0.5) is 0 Å². The fourth-order valence-electron chi connectivity index (χ4n) is 1.99. The van der Waals surface area contributed by atoms with Crippen LogP contribution in [-0.4, -0.2) is 33.6 Å². The molecule has 0 aliphatic carbocycles. The molecule has 0 aromatic carbocycles. The fourth-order valence-corrected chi connectivity index (χ4v) is 1.99. The maximum Gasteiger partial charge on any atom is 0.213 e. The first-order valence-electron chi connectivity index (χ1n) is 7.34. The maximum atomic E-state index is 12.2. The Balaban J connectivity index is 2.17. The third-order valence-corrected chi connectivity index (χ3v) is 3.22. The highest BCUT2D eigenvalue weighted by molar-refractivity contribution is 6.40. The molecule has 0 unspecified atom stereocenters. The van der Waals surface area contributed by atoms with E-state index in [4.69, 9.17) is 0 Å². The molecule has 2 aromatic heterocycles. The quantitative estimate of drug-likeness (QED) is 0.316. The van der Waals surface area contributed by atoms with Gasteiger partial charge in [-0.25, -0.2) is 0 Å². The van der Waals surface area contributed by atoms with Crippen LogP contribution in [0.3, 0.4) is 0 Å². The smallest absolute Gasteiger partial charge is 0.213 e. The summed E-state index contributed by atoms with van der Waals surface area (Å²) < 4.78 is 0. The van der Waals surface area contributed by atoms with Gasteiger partial charge in [-0.15, -0.1) is 0 Å². The van der Waals surface area contributed by atoms with Crippen molar-refractivity contribution in [1.82, 2.24) is 9.97 Å². The molecule has 2 aromatic rings. The SMILES string of the molecule is O=CC(=O)C(C(=O)/C=C/c1cccnc1)C(=O)/C=C/c1cccnc1. The number of aromatic nitrogens is 2. The average Bonchev–Trinajstić information content (AvgIpc) is 2.66. The Morgan fingerprint density at radius 3 is 1.64 bits per heavy atom. The summed E-state index contributed by atoms with van der Waals surface area (Å²) in [7, 11) is 0. The predicted octanol–water partition coefficient (Wildman–Crippen LogP) is 1.73. The Labute approximate surface area is 143 Å². The standard InChI is InChI=1S/C19H14N2O4/c22-13-18(25)19(16(23)7-5-14-3-1-9-20-11-14)17(24)8-6-15-4-2-10-21-12-15/h1-13,19H/b7-5+,8-6+. The maximum absolute atomic E-state index is 12.2. The van der Waals surface area contributed by atoms with Crippen LogP contribution in [-0.2, 0) is 19.2 Å². The van der Waals surface area contributed by atoms with E-state index >= 15 is 0 Å². The van der Waals surface area contributed by atoms with Gasteiger partial charge in [0.15, 0.2) is 23.8 Å². The Kier molecular flexibility index (Phi) is 6.36. The van der Waals surface area contributed by atoms with Gasteiger partial charge in [0.2, 0.25) is 5.78 Å². The second kappa shape index (κ2) is 8.93. The van der Waals surface area contributed by atoms with E-state index < -0.39 is 23.3 Å². The highest BCUT2D eigenvalue weighted by Gasteiger charge is 2.30. The van der Waals surface area contributed by atoms with Crippen molar-refractivity contribution < 1.29 is 19.2 Å².